The van der Waals surface area contributed by atoms with Crippen LogP contribution in [0.1, 0.15) is 204 Å². The van der Waals surface area contributed by atoms with Gasteiger partial charge in [-0.3, -0.25) is 0 Å². The molecule has 5 nitrogen and oxygen atoms in total. The van der Waals surface area contributed by atoms with E-state index in [9.17, 15) is 0 Å². The molecule has 0 spiro atoms. The number of aromatic nitrogens is 2. The van der Waals surface area contributed by atoms with Crippen LogP contribution in [0.3, 0.4) is 0 Å². The van der Waals surface area contributed by atoms with Gasteiger partial charge in [0, 0.05) is 41.1 Å². The summed E-state index contributed by atoms with van der Waals surface area (Å²) in [5.41, 5.74) is 2.75. The fourth-order valence-corrected chi connectivity index (χ4v) is 9.24. The lowest BCUT2D eigenvalue weighted by atomic mass is 9.87. The molecule has 5 heterocycles. The fraction of sp³-hybridized carbons (Fsp3) is 0.875. The number of likely N-dealkylation sites (N-methyl/N-ethyl adjacent to an activating group) is 1. The normalized spacial score (nSPS) is 18.7. The van der Waals surface area contributed by atoms with E-state index in [4.69, 9.17) is 0 Å². The maximum atomic E-state index is 4.68. The third-order valence-electron chi connectivity index (χ3n) is 10.4. The molecule has 2 aliphatic carbocycles. The number of nitrogens with zero attached hydrogens (tertiary/aromatic N) is 5. The lowest BCUT2D eigenvalue weighted by Gasteiger charge is -2.31. The van der Waals surface area contributed by atoms with Crippen LogP contribution in [-0.2, 0) is 25.8 Å². The molecule has 1 saturated carbocycles. The molecule has 0 atom stereocenters. The van der Waals surface area contributed by atoms with Gasteiger partial charge in [-0.15, -0.1) is 22.7 Å². The molecule has 3 fully saturated rings. The number of fused-ring (bicyclic) bond motifs is 2. The van der Waals surface area contributed by atoms with Gasteiger partial charge in [0.15, 0.2) is 0 Å². The summed E-state index contributed by atoms with van der Waals surface area (Å²) in [6.45, 7) is 37.6. The summed E-state index contributed by atoms with van der Waals surface area (Å²) in [5, 5.41) is 2.64. The Morgan fingerprint density at radius 1 is 0.527 bits per heavy atom. The first-order chi connectivity index (χ1) is 26.0. The molecule has 7 heteroatoms. The zero-order valence-corrected chi connectivity index (χ0v) is 41.0. The molecule has 322 valence electrons. The zero-order chi connectivity index (χ0) is 41.3. The monoisotopic (exact) mass is 804 g/mol. The average molecular weight is 804 g/mol. The highest BCUT2D eigenvalue weighted by Gasteiger charge is 2.20. The smallest absolute Gasteiger partial charge is 0.0957 e. The van der Waals surface area contributed by atoms with Gasteiger partial charge in [-0.2, -0.15) is 0 Å². The van der Waals surface area contributed by atoms with Crippen LogP contribution in [-0.4, -0.2) is 78.0 Å². The highest BCUT2D eigenvalue weighted by atomic mass is 32.1. The number of aryl methyl sites for hydroxylation is 2. The lowest BCUT2D eigenvalue weighted by molar-refractivity contribution is 0.185. The minimum Gasteiger partial charge on any atom is -0.306 e. The summed E-state index contributed by atoms with van der Waals surface area (Å²) in [7, 11) is 4.40. The summed E-state index contributed by atoms with van der Waals surface area (Å²) in [5.74, 6) is 4.76. The van der Waals surface area contributed by atoms with Gasteiger partial charge in [0.1, 0.15) is 0 Å². The van der Waals surface area contributed by atoms with Gasteiger partial charge in [0.05, 0.1) is 21.4 Å². The van der Waals surface area contributed by atoms with Crippen molar-refractivity contribution >= 4 is 22.7 Å². The van der Waals surface area contributed by atoms with E-state index in [1.54, 1.807) is 4.88 Å². The van der Waals surface area contributed by atoms with Crippen molar-refractivity contribution in [2.45, 2.75) is 198 Å². The summed E-state index contributed by atoms with van der Waals surface area (Å²) >= 11 is 3.83. The SMILES string of the molecule is C1CCCC1.CC(C)C.CC(C)C.CC(C)C1CCN(C)CC1.CC(C)c1nc2c(s1)CCCC2.CC(C)c1nc2c(s1)CN(C)CC2.CCN1CCCC1. The first-order valence-electron chi connectivity index (χ1n) is 23.1. The molecule has 0 unspecified atom stereocenters. The van der Waals surface area contributed by atoms with E-state index in [0.717, 1.165) is 43.2 Å². The quantitative estimate of drug-likeness (QED) is 0.308. The maximum Gasteiger partial charge on any atom is 0.0957 e. The number of rotatable bonds is 4. The topological polar surface area (TPSA) is 35.5 Å². The summed E-state index contributed by atoms with van der Waals surface area (Å²) in [4.78, 5) is 19.7. The van der Waals surface area contributed by atoms with Gasteiger partial charge in [-0.25, -0.2) is 9.97 Å². The molecule has 7 rings (SSSR count). The van der Waals surface area contributed by atoms with Crippen molar-refractivity contribution in [3.8, 4) is 0 Å². The molecule has 5 aliphatic rings. The Kier molecular flexibility index (Phi) is 28.7. The molecule has 0 radical (unpaired) electrons. The van der Waals surface area contributed by atoms with E-state index < -0.39 is 0 Å². The van der Waals surface area contributed by atoms with E-state index in [1.165, 1.54) is 142 Å². The molecular weight excluding hydrogens is 711 g/mol. The number of hydrogen-bond donors (Lipinski definition) is 0. The Labute approximate surface area is 352 Å². The van der Waals surface area contributed by atoms with Crippen molar-refractivity contribution in [3.63, 3.8) is 0 Å². The first-order valence-corrected chi connectivity index (χ1v) is 24.7. The summed E-state index contributed by atoms with van der Waals surface area (Å²) in [6.07, 6.45) is 19.5. The number of thiazole rings is 2. The molecule has 0 amide bonds. The van der Waals surface area contributed by atoms with Crippen LogP contribution in [0.25, 0.3) is 0 Å². The predicted octanol–water partition coefficient (Wildman–Crippen LogP) is 13.8. The van der Waals surface area contributed by atoms with E-state index in [-0.39, 0.29) is 0 Å². The molecule has 55 heavy (non-hydrogen) atoms. The van der Waals surface area contributed by atoms with Crippen LogP contribution in [0.15, 0.2) is 0 Å². The molecule has 0 aromatic carbocycles. The molecule has 2 aromatic heterocycles. The Balaban J connectivity index is 0.000000336. The number of piperidine rings is 1. The Morgan fingerprint density at radius 2 is 0.964 bits per heavy atom. The van der Waals surface area contributed by atoms with Crippen molar-refractivity contribution in [3.05, 3.63) is 31.2 Å². The fourth-order valence-electron chi connectivity index (χ4n) is 6.89. The maximum absolute atomic E-state index is 4.68. The van der Waals surface area contributed by atoms with Crippen molar-refractivity contribution in [2.75, 3.05) is 53.4 Å². The molecule has 2 aromatic rings. The average Bonchev–Trinajstić information content (AvgIpc) is 3.96. The lowest BCUT2D eigenvalue weighted by Crippen LogP contribution is -2.32. The van der Waals surface area contributed by atoms with Gasteiger partial charge >= 0.3 is 0 Å². The Bertz CT molecular complexity index is 1140. The standard InChI is InChI=1S/C10H16N2S.C10H15NS.C9H19N.C6H13N.C5H10.2C4H10/c1-7(2)10-11-8-4-5-12(3)6-9(8)13-10;1-7(2)10-11-8-5-3-4-6-9(8)12-10;1-8(2)9-4-6-10(3)7-5-9;1-2-7-5-3-4-6-7;1-2-4-5-3-1;2*1-4(2)3/h7H,4-6H2,1-3H3;7H,3-6H2,1-2H3;8-9H,4-7H2,1-3H3;2-6H2,1H3;1-5H2;2*4H,1-3H3. The number of hydrogen-bond acceptors (Lipinski definition) is 7. The van der Waals surface area contributed by atoms with Gasteiger partial charge in [-0.1, -0.05) is 122 Å². The second-order valence-electron chi connectivity index (χ2n) is 19.1. The minimum atomic E-state index is 0.584. The van der Waals surface area contributed by atoms with Gasteiger partial charge in [0.2, 0.25) is 0 Å². The second kappa shape index (κ2) is 30.2. The molecular formula is C48H93N5S2. The first kappa shape index (κ1) is 52.2. The third-order valence-corrected chi connectivity index (χ3v) is 13.2. The Hall–Kier alpha value is -0.860. The van der Waals surface area contributed by atoms with Crippen LogP contribution in [0.2, 0.25) is 0 Å². The highest BCUT2D eigenvalue weighted by molar-refractivity contribution is 7.12. The molecule has 3 aliphatic heterocycles. The van der Waals surface area contributed by atoms with Crippen LogP contribution in [0.4, 0.5) is 0 Å². The largest absolute Gasteiger partial charge is 0.306 e. The second-order valence-corrected chi connectivity index (χ2v) is 21.3. The van der Waals surface area contributed by atoms with Gasteiger partial charge in [-0.05, 0) is 122 Å². The van der Waals surface area contributed by atoms with Gasteiger partial charge < -0.3 is 14.7 Å². The van der Waals surface area contributed by atoms with Crippen molar-refractivity contribution in [1.82, 2.24) is 24.7 Å². The number of likely N-dealkylation sites (tertiary alicyclic amines) is 2. The van der Waals surface area contributed by atoms with Gasteiger partial charge in [0.25, 0.3) is 0 Å². The van der Waals surface area contributed by atoms with Crippen LogP contribution < -0.4 is 0 Å². The highest BCUT2D eigenvalue weighted by Crippen LogP contribution is 2.30. The van der Waals surface area contributed by atoms with Crippen molar-refractivity contribution in [1.29, 1.82) is 0 Å². The van der Waals surface area contributed by atoms with Crippen LogP contribution >= 0.6 is 22.7 Å². The molecule has 2 saturated heterocycles. The van der Waals surface area contributed by atoms with Crippen LogP contribution in [0.5, 0.6) is 0 Å². The Morgan fingerprint density at radius 3 is 1.36 bits per heavy atom. The predicted molar refractivity (Wildman–Crippen MR) is 250 cm³/mol. The van der Waals surface area contributed by atoms with E-state index in [2.05, 4.69) is 129 Å². The van der Waals surface area contributed by atoms with E-state index >= 15 is 0 Å². The minimum absolute atomic E-state index is 0.584. The van der Waals surface area contributed by atoms with E-state index in [0.29, 0.717) is 11.8 Å². The van der Waals surface area contributed by atoms with Crippen LogP contribution in [0, 0.1) is 23.7 Å². The van der Waals surface area contributed by atoms with Crippen molar-refractivity contribution < 1.29 is 0 Å². The van der Waals surface area contributed by atoms with Crippen molar-refractivity contribution in [2.24, 2.45) is 23.7 Å². The van der Waals surface area contributed by atoms with E-state index in [1.807, 2.05) is 22.7 Å². The molecule has 0 bridgehead atoms. The summed E-state index contributed by atoms with van der Waals surface area (Å²) in [6, 6.07) is 0. The third kappa shape index (κ3) is 24.6. The summed E-state index contributed by atoms with van der Waals surface area (Å²) < 4.78 is 0. The zero-order valence-electron chi connectivity index (χ0n) is 39.4. The molecule has 0 N–H and O–H groups in total.